The van der Waals surface area contributed by atoms with Crippen LogP contribution in [0.5, 0.6) is 0 Å². The molecule has 8 aromatic carbocycles. The molecule has 5 nitrogen and oxygen atoms in total. The van der Waals surface area contributed by atoms with Crippen molar-refractivity contribution in [3.05, 3.63) is 212 Å². The van der Waals surface area contributed by atoms with E-state index in [0.29, 0.717) is 5.82 Å². The number of rotatable bonds is 6. The number of para-hydroxylation sites is 2. The molecule has 0 N–H and O–H groups in total. The van der Waals surface area contributed by atoms with E-state index in [0.717, 1.165) is 56.0 Å². The molecule has 0 bridgehead atoms. The molecule has 0 atom stereocenters. The second-order valence-corrected chi connectivity index (χ2v) is 17.1. The third-order valence-electron chi connectivity index (χ3n) is 12.4. The monoisotopic (exact) mass is 821 g/mol. The molecular weight excluding hydrogens is 787 g/mol. The van der Waals surface area contributed by atoms with Gasteiger partial charge in [-0.15, -0.1) is 11.3 Å². The van der Waals surface area contributed by atoms with Crippen LogP contribution in [0, 0.1) is 0 Å². The van der Waals surface area contributed by atoms with Crippen molar-refractivity contribution < 1.29 is 0 Å². The molecular formula is C57H35N5S. The Balaban J connectivity index is 0.947. The predicted molar refractivity (Wildman–Crippen MR) is 263 cm³/mol. The number of hydrogen-bond acceptors (Lipinski definition) is 4. The second kappa shape index (κ2) is 14.2. The Morgan fingerprint density at radius 2 is 0.984 bits per heavy atom. The van der Waals surface area contributed by atoms with E-state index in [9.17, 15) is 0 Å². The molecule has 13 rings (SSSR count). The van der Waals surface area contributed by atoms with Crippen molar-refractivity contribution in [2.45, 2.75) is 0 Å². The van der Waals surface area contributed by atoms with Gasteiger partial charge in [-0.05, 0) is 71.3 Å². The SMILES string of the molecule is c1ccc(-c2cc(-n3c4ccccc4c4cc(-c5ccc6c7ccccc7n(-c7ccc(-c8ccnc9c8sc8ccccc89)cc7)c6c5)ccc43)nc(-c3ccccc3)n2)cc1. The van der Waals surface area contributed by atoms with Crippen molar-refractivity contribution in [2.24, 2.45) is 0 Å². The van der Waals surface area contributed by atoms with Crippen LogP contribution in [0.4, 0.5) is 0 Å². The van der Waals surface area contributed by atoms with Crippen LogP contribution < -0.4 is 0 Å². The van der Waals surface area contributed by atoms with Gasteiger partial charge < -0.3 is 4.57 Å². The second-order valence-electron chi connectivity index (χ2n) is 16.0. The fourth-order valence-electron chi connectivity index (χ4n) is 9.47. The summed E-state index contributed by atoms with van der Waals surface area (Å²) < 4.78 is 7.18. The van der Waals surface area contributed by atoms with Crippen molar-refractivity contribution in [1.29, 1.82) is 0 Å². The first-order valence-corrected chi connectivity index (χ1v) is 22.0. The van der Waals surface area contributed by atoms with Crippen LogP contribution in [-0.4, -0.2) is 24.1 Å². The maximum Gasteiger partial charge on any atom is 0.162 e. The molecule has 5 heterocycles. The zero-order valence-corrected chi connectivity index (χ0v) is 34.7. The standard InChI is InChI=1S/C57H35N5S/c1-3-13-37(14-4-1)48-35-54(60-57(59-48)38-15-5-2-6-16-38)62-50-21-11-8-18-44(50)47-33-39(26-30-51(47)62)40-25-29-45-43-17-7-10-20-49(43)61(52(45)34-40)41-27-23-36(24-28-41)42-31-32-58-55-46-19-9-12-22-53(46)63-56(42)55/h1-35H. The van der Waals surface area contributed by atoms with Gasteiger partial charge in [0.05, 0.1) is 38.0 Å². The van der Waals surface area contributed by atoms with E-state index < -0.39 is 0 Å². The van der Waals surface area contributed by atoms with Gasteiger partial charge in [0.15, 0.2) is 5.82 Å². The highest BCUT2D eigenvalue weighted by atomic mass is 32.1. The van der Waals surface area contributed by atoms with Crippen LogP contribution in [-0.2, 0) is 0 Å². The Bertz CT molecular complexity index is 3840. The first-order chi connectivity index (χ1) is 31.2. The number of hydrogen-bond donors (Lipinski definition) is 0. The Labute approximate surface area is 366 Å². The molecule has 0 saturated carbocycles. The van der Waals surface area contributed by atoms with Crippen LogP contribution >= 0.6 is 11.3 Å². The summed E-state index contributed by atoms with van der Waals surface area (Å²) in [4.78, 5) is 15.1. The lowest BCUT2D eigenvalue weighted by atomic mass is 10.0. The lowest BCUT2D eigenvalue weighted by Crippen LogP contribution is -2.02. The zero-order chi connectivity index (χ0) is 41.4. The third-order valence-corrected chi connectivity index (χ3v) is 13.6. The summed E-state index contributed by atoms with van der Waals surface area (Å²) in [5.41, 5.74) is 14.3. The quantitative estimate of drug-likeness (QED) is 0.168. The van der Waals surface area contributed by atoms with Gasteiger partial charge in [-0.3, -0.25) is 9.55 Å². The Morgan fingerprint density at radius 3 is 1.78 bits per heavy atom. The molecule has 13 aromatic rings. The molecule has 0 aliphatic heterocycles. The molecule has 6 heteroatoms. The molecule has 0 unspecified atom stereocenters. The minimum absolute atomic E-state index is 0.693. The smallest absolute Gasteiger partial charge is 0.162 e. The largest absolute Gasteiger partial charge is 0.309 e. The number of thiophene rings is 1. The summed E-state index contributed by atoms with van der Waals surface area (Å²) in [5.74, 6) is 1.52. The first-order valence-electron chi connectivity index (χ1n) is 21.2. The van der Waals surface area contributed by atoms with E-state index >= 15 is 0 Å². The number of benzene rings is 8. The van der Waals surface area contributed by atoms with Crippen molar-refractivity contribution in [2.75, 3.05) is 0 Å². The van der Waals surface area contributed by atoms with Gasteiger partial charge in [0.1, 0.15) is 5.82 Å². The van der Waals surface area contributed by atoms with Crippen LogP contribution in [0.15, 0.2) is 212 Å². The number of fused-ring (bicyclic) bond motifs is 9. The summed E-state index contributed by atoms with van der Waals surface area (Å²) >= 11 is 1.81. The minimum atomic E-state index is 0.693. The summed E-state index contributed by atoms with van der Waals surface area (Å²) in [7, 11) is 0. The minimum Gasteiger partial charge on any atom is -0.309 e. The predicted octanol–water partition coefficient (Wildman–Crippen LogP) is 15.1. The number of aromatic nitrogens is 5. The highest BCUT2D eigenvalue weighted by molar-refractivity contribution is 7.26. The molecule has 0 radical (unpaired) electrons. The molecule has 0 fully saturated rings. The molecule has 294 valence electrons. The van der Waals surface area contributed by atoms with Crippen LogP contribution in [0.3, 0.4) is 0 Å². The molecule has 0 spiro atoms. The highest BCUT2D eigenvalue weighted by Crippen LogP contribution is 2.41. The average Bonchev–Trinajstić information content (AvgIpc) is 4.02. The van der Waals surface area contributed by atoms with E-state index in [2.05, 4.69) is 191 Å². The van der Waals surface area contributed by atoms with Crippen LogP contribution in [0.25, 0.3) is 120 Å². The summed E-state index contributed by atoms with van der Waals surface area (Å²) in [6.45, 7) is 0. The van der Waals surface area contributed by atoms with Gasteiger partial charge in [0.25, 0.3) is 0 Å². The van der Waals surface area contributed by atoms with Crippen LogP contribution in [0.1, 0.15) is 0 Å². The summed E-state index contributed by atoms with van der Waals surface area (Å²) in [6.07, 6.45) is 1.94. The highest BCUT2D eigenvalue weighted by Gasteiger charge is 2.19. The molecule has 0 amide bonds. The Kier molecular flexibility index (Phi) is 8.01. The zero-order valence-electron chi connectivity index (χ0n) is 33.9. The van der Waals surface area contributed by atoms with Crippen molar-refractivity contribution >= 4 is 75.3 Å². The first kappa shape index (κ1) is 35.6. The third kappa shape index (κ3) is 5.73. The van der Waals surface area contributed by atoms with Gasteiger partial charge in [0.2, 0.25) is 0 Å². The van der Waals surface area contributed by atoms with Crippen molar-refractivity contribution in [3.8, 4) is 56.4 Å². The topological polar surface area (TPSA) is 48.5 Å². The lowest BCUT2D eigenvalue weighted by Gasteiger charge is -2.12. The number of pyridine rings is 1. The lowest BCUT2D eigenvalue weighted by molar-refractivity contribution is 1.05. The van der Waals surface area contributed by atoms with Gasteiger partial charge in [-0.25, -0.2) is 9.97 Å². The average molecular weight is 822 g/mol. The van der Waals surface area contributed by atoms with Gasteiger partial charge in [-0.2, -0.15) is 0 Å². The number of nitrogens with zero attached hydrogens (tertiary/aromatic N) is 5. The molecule has 0 saturated heterocycles. The van der Waals surface area contributed by atoms with E-state index in [1.165, 1.54) is 58.5 Å². The van der Waals surface area contributed by atoms with Crippen molar-refractivity contribution in [3.63, 3.8) is 0 Å². The fourth-order valence-corrected chi connectivity index (χ4v) is 10.7. The van der Waals surface area contributed by atoms with Gasteiger partial charge in [-0.1, -0.05) is 146 Å². The van der Waals surface area contributed by atoms with E-state index in [1.807, 2.05) is 41.8 Å². The van der Waals surface area contributed by atoms with Crippen molar-refractivity contribution in [1.82, 2.24) is 24.1 Å². The molecule has 0 aliphatic rings. The molecule has 63 heavy (non-hydrogen) atoms. The summed E-state index contributed by atoms with van der Waals surface area (Å²) in [5, 5.41) is 6.02. The summed E-state index contributed by atoms with van der Waals surface area (Å²) in [6, 6.07) is 73.6. The maximum absolute atomic E-state index is 5.24. The normalized spacial score (nSPS) is 11.8. The van der Waals surface area contributed by atoms with Gasteiger partial charge in [0, 0.05) is 66.3 Å². The molecule has 5 aromatic heterocycles. The maximum atomic E-state index is 5.24. The Hall–Kier alpha value is -8.19. The fraction of sp³-hybridized carbons (Fsp3) is 0. The van der Waals surface area contributed by atoms with E-state index in [4.69, 9.17) is 15.0 Å². The van der Waals surface area contributed by atoms with E-state index in [1.54, 1.807) is 0 Å². The van der Waals surface area contributed by atoms with Gasteiger partial charge >= 0.3 is 0 Å². The van der Waals surface area contributed by atoms with E-state index in [-0.39, 0.29) is 0 Å². The Morgan fingerprint density at radius 1 is 0.381 bits per heavy atom. The van der Waals surface area contributed by atoms with Crippen LogP contribution in [0.2, 0.25) is 0 Å². The molecule has 0 aliphatic carbocycles.